The molecule has 19 heavy (non-hydrogen) atoms. The highest BCUT2D eigenvalue weighted by atomic mass is 79.9. The van der Waals surface area contributed by atoms with Gasteiger partial charge in [-0.2, -0.15) is 0 Å². The lowest BCUT2D eigenvalue weighted by atomic mass is 10.1. The molecule has 1 aromatic heterocycles. The summed E-state index contributed by atoms with van der Waals surface area (Å²) in [5.74, 6) is -0.0883. The van der Waals surface area contributed by atoms with E-state index < -0.39 is 5.82 Å². The van der Waals surface area contributed by atoms with E-state index in [1.807, 2.05) is 13.0 Å². The van der Waals surface area contributed by atoms with Crippen molar-refractivity contribution in [3.8, 4) is 0 Å². The zero-order valence-corrected chi connectivity index (χ0v) is 12.0. The minimum atomic E-state index is -0.422. The van der Waals surface area contributed by atoms with Crippen LogP contribution in [0.3, 0.4) is 0 Å². The first kappa shape index (κ1) is 13.9. The van der Waals surface area contributed by atoms with Gasteiger partial charge in [-0.3, -0.25) is 0 Å². The molecule has 0 amide bonds. The fourth-order valence-electron chi connectivity index (χ4n) is 1.70. The molecular weight excluding hydrogens is 314 g/mol. The van der Waals surface area contributed by atoms with Crippen LogP contribution in [0.2, 0.25) is 0 Å². The number of anilines is 1. The Morgan fingerprint density at radius 2 is 2.05 bits per heavy atom. The molecule has 0 aliphatic carbocycles. The minimum absolute atomic E-state index is 0.362. The summed E-state index contributed by atoms with van der Waals surface area (Å²) in [7, 11) is 0. The number of rotatable bonds is 4. The van der Waals surface area contributed by atoms with E-state index in [1.54, 1.807) is 6.20 Å². The number of pyridine rings is 1. The molecule has 1 N–H and O–H groups in total. The van der Waals surface area contributed by atoms with E-state index >= 15 is 0 Å². The zero-order valence-electron chi connectivity index (χ0n) is 10.4. The van der Waals surface area contributed by atoms with Gasteiger partial charge in [0.2, 0.25) is 0 Å². The van der Waals surface area contributed by atoms with Crippen LogP contribution in [-0.4, -0.2) is 11.5 Å². The largest absolute Gasteiger partial charge is 0.370 e. The fraction of sp³-hybridized carbons (Fsp3) is 0.214. The molecule has 2 nitrogen and oxygen atoms in total. The number of nitrogens with one attached hydrogen (secondary N) is 1. The first-order valence-corrected chi connectivity index (χ1v) is 6.65. The molecular formula is C14H13BrF2N2. The minimum Gasteiger partial charge on any atom is -0.370 e. The van der Waals surface area contributed by atoms with Crippen LogP contribution in [0.15, 0.2) is 34.9 Å². The summed E-state index contributed by atoms with van der Waals surface area (Å²) in [5, 5.41) is 3.09. The second kappa shape index (κ2) is 6.10. The predicted molar refractivity (Wildman–Crippen MR) is 75.2 cm³/mol. The van der Waals surface area contributed by atoms with Crippen LogP contribution in [0, 0.1) is 18.6 Å². The molecule has 0 unspecified atom stereocenters. The molecule has 1 aromatic carbocycles. The maximum Gasteiger partial charge on any atom is 0.126 e. The molecule has 100 valence electrons. The van der Waals surface area contributed by atoms with Crippen molar-refractivity contribution in [1.29, 1.82) is 0 Å². The summed E-state index contributed by atoms with van der Waals surface area (Å²) < 4.78 is 27.3. The van der Waals surface area contributed by atoms with Crippen molar-refractivity contribution < 1.29 is 8.78 Å². The topological polar surface area (TPSA) is 24.9 Å². The van der Waals surface area contributed by atoms with Gasteiger partial charge in [0.15, 0.2) is 0 Å². The summed E-state index contributed by atoms with van der Waals surface area (Å²) in [4.78, 5) is 4.18. The van der Waals surface area contributed by atoms with Gasteiger partial charge in [0.1, 0.15) is 17.5 Å². The average molecular weight is 327 g/mol. The number of aryl methyl sites for hydroxylation is 1. The molecule has 0 fully saturated rings. The summed E-state index contributed by atoms with van der Waals surface area (Å²) in [6, 6.07) is 5.38. The number of halogens is 3. The average Bonchev–Trinajstić information content (AvgIpc) is 2.38. The van der Waals surface area contributed by atoms with E-state index in [9.17, 15) is 8.78 Å². The summed E-state index contributed by atoms with van der Waals surface area (Å²) >= 11 is 3.37. The lowest BCUT2D eigenvalue weighted by Crippen LogP contribution is -2.07. The first-order chi connectivity index (χ1) is 9.06. The molecule has 2 rings (SSSR count). The maximum absolute atomic E-state index is 13.4. The normalized spacial score (nSPS) is 10.5. The molecule has 0 bridgehead atoms. The highest BCUT2D eigenvalue weighted by Crippen LogP contribution is 2.17. The SMILES string of the molecule is Cc1cc(NCCc2cc(F)ccc2F)ncc1Br. The van der Waals surface area contributed by atoms with E-state index in [-0.39, 0.29) is 5.82 Å². The molecule has 0 aliphatic rings. The van der Waals surface area contributed by atoms with Gasteiger partial charge in [-0.25, -0.2) is 13.8 Å². The molecule has 0 atom stereocenters. The second-order valence-electron chi connectivity index (χ2n) is 4.23. The Labute approximate surface area is 119 Å². The van der Waals surface area contributed by atoms with Gasteiger partial charge < -0.3 is 5.32 Å². The number of hydrogen-bond donors (Lipinski definition) is 1. The van der Waals surface area contributed by atoms with Crippen molar-refractivity contribution >= 4 is 21.7 Å². The number of nitrogens with zero attached hydrogens (tertiary/aromatic N) is 1. The van der Waals surface area contributed by atoms with Gasteiger partial charge in [0, 0.05) is 17.2 Å². The summed E-state index contributed by atoms with van der Waals surface area (Å²) in [5.41, 5.74) is 1.43. The third kappa shape index (κ3) is 3.73. The smallest absolute Gasteiger partial charge is 0.126 e. The fourth-order valence-corrected chi connectivity index (χ4v) is 1.91. The van der Waals surface area contributed by atoms with Crippen molar-refractivity contribution in [2.45, 2.75) is 13.3 Å². The molecule has 0 radical (unpaired) electrons. The molecule has 2 aromatic rings. The second-order valence-corrected chi connectivity index (χ2v) is 5.09. The molecule has 0 saturated carbocycles. The Morgan fingerprint density at radius 1 is 1.26 bits per heavy atom. The summed E-state index contributed by atoms with van der Waals surface area (Å²) in [6.45, 7) is 2.46. The van der Waals surface area contributed by atoms with Crippen LogP contribution in [0.25, 0.3) is 0 Å². The van der Waals surface area contributed by atoms with E-state index in [2.05, 4.69) is 26.2 Å². The van der Waals surface area contributed by atoms with Gasteiger partial charge in [-0.15, -0.1) is 0 Å². The van der Waals surface area contributed by atoms with Crippen LogP contribution < -0.4 is 5.32 Å². The van der Waals surface area contributed by atoms with Crippen molar-refractivity contribution in [2.75, 3.05) is 11.9 Å². The molecule has 0 spiro atoms. The number of aromatic nitrogens is 1. The zero-order chi connectivity index (χ0) is 13.8. The Balaban J connectivity index is 1.96. The van der Waals surface area contributed by atoms with Crippen molar-refractivity contribution in [3.63, 3.8) is 0 Å². The van der Waals surface area contributed by atoms with E-state index in [1.165, 1.54) is 6.07 Å². The lowest BCUT2D eigenvalue weighted by molar-refractivity contribution is 0.586. The standard InChI is InChI=1S/C14H13BrF2N2/c1-9-6-14(19-8-12(9)15)18-5-4-10-7-11(16)2-3-13(10)17/h2-3,6-8H,4-5H2,1H3,(H,18,19). The van der Waals surface area contributed by atoms with Crippen molar-refractivity contribution in [3.05, 3.63) is 57.7 Å². The van der Waals surface area contributed by atoms with Crippen LogP contribution in [-0.2, 0) is 6.42 Å². The molecule has 5 heteroatoms. The molecule has 0 saturated heterocycles. The number of benzene rings is 1. The Bertz CT molecular complexity index is 588. The van der Waals surface area contributed by atoms with Crippen LogP contribution in [0.5, 0.6) is 0 Å². The van der Waals surface area contributed by atoms with Gasteiger partial charge >= 0.3 is 0 Å². The van der Waals surface area contributed by atoms with Gasteiger partial charge in [0.25, 0.3) is 0 Å². The predicted octanol–water partition coefficient (Wildman–Crippen LogP) is 4.09. The maximum atomic E-state index is 13.4. The van der Waals surface area contributed by atoms with Crippen molar-refractivity contribution in [1.82, 2.24) is 4.98 Å². The van der Waals surface area contributed by atoms with E-state index in [0.29, 0.717) is 18.5 Å². The monoisotopic (exact) mass is 326 g/mol. The van der Waals surface area contributed by atoms with E-state index in [0.717, 1.165) is 28.0 Å². The van der Waals surface area contributed by atoms with Gasteiger partial charge in [-0.1, -0.05) is 0 Å². The van der Waals surface area contributed by atoms with Crippen LogP contribution in [0.1, 0.15) is 11.1 Å². The molecule has 1 heterocycles. The van der Waals surface area contributed by atoms with Gasteiger partial charge in [0.05, 0.1) is 0 Å². The molecule has 0 aliphatic heterocycles. The highest BCUT2D eigenvalue weighted by molar-refractivity contribution is 9.10. The Kier molecular flexibility index (Phi) is 4.47. The number of hydrogen-bond acceptors (Lipinski definition) is 2. The Morgan fingerprint density at radius 3 is 2.79 bits per heavy atom. The quantitative estimate of drug-likeness (QED) is 0.915. The first-order valence-electron chi connectivity index (χ1n) is 5.86. The van der Waals surface area contributed by atoms with Gasteiger partial charge in [-0.05, 0) is 64.7 Å². The van der Waals surface area contributed by atoms with Crippen LogP contribution in [0.4, 0.5) is 14.6 Å². The van der Waals surface area contributed by atoms with Crippen molar-refractivity contribution in [2.24, 2.45) is 0 Å². The highest BCUT2D eigenvalue weighted by Gasteiger charge is 2.04. The third-order valence-corrected chi connectivity index (χ3v) is 3.59. The van der Waals surface area contributed by atoms with E-state index in [4.69, 9.17) is 0 Å². The third-order valence-electron chi connectivity index (χ3n) is 2.76. The van der Waals surface area contributed by atoms with Crippen LogP contribution >= 0.6 is 15.9 Å². The summed E-state index contributed by atoms with van der Waals surface area (Å²) in [6.07, 6.45) is 2.11. The lowest BCUT2D eigenvalue weighted by Gasteiger charge is -2.08. The Hall–Kier alpha value is -1.49.